The fourth-order valence-corrected chi connectivity index (χ4v) is 4.14. The molecule has 3 aromatic rings. The molecule has 0 aliphatic carbocycles. The first-order valence-electron chi connectivity index (χ1n) is 7.38. The van der Waals surface area contributed by atoms with Gasteiger partial charge in [-0.15, -0.1) is 11.3 Å². The summed E-state index contributed by atoms with van der Waals surface area (Å²) in [6.45, 7) is 0.157. The Bertz CT molecular complexity index is 939. The molecule has 0 spiro atoms. The van der Waals surface area contributed by atoms with Crippen LogP contribution in [0.4, 0.5) is 5.69 Å². The van der Waals surface area contributed by atoms with E-state index in [-0.39, 0.29) is 16.7 Å². The van der Waals surface area contributed by atoms with Crippen LogP contribution in [-0.4, -0.2) is 19.3 Å². The molecular formula is C17H15N3O3S2. The number of hydrogen-bond acceptors (Lipinski definition) is 5. The monoisotopic (exact) mass is 373 g/mol. The van der Waals surface area contributed by atoms with Gasteiger partial charge in [-0.25, -0.2) is 13.1 Å². The van der Waals surface area contributed by atoms with Crippen molar-refractivity contribution >= 4 is 33.0 Å². The largest absolute Gasteiger partial charge is 0.321 e. The van der Waals surface area contributed by atoms with Gasteiger partial charge in [0.25, 0.3) is 5.91 Å². The van der Waals surface area contributed by atoms with Crippen molar-refractivity contribution in [2.24, 2.45) is 0 Å². The van der Waals surface area contributed by atoms with Crippen LogP contribution in [0.2, 0.25) is 0 Å². The number of benzene rings is 1. The van der Waals surface area contributed by atoms with E-state index in [0.717, 1.165) is 16.9 Å². The average molecular weight is 373 g/mol. The number of pyridine rings is 1. The number of nitrogens with one attached hydrogen (secondary N) is 2. The van der Waals surface area contributed by atoms with E-state index in [0.29, 0.717) is 11.3 Å². The summed E-state index contributed by atoms with van der Waals surface area (Å²) in [5, 5.41) is 4.45. The number of amides is 1. The maximum absolute atomic E-state index is 12.1. The summed E-state index contributed by atoms with van der Waals surface area (Å²) in [5.41, 5.74) is 1.85. The van der Waals surface area contributed by atoms with Crippen LogP contribution in [-0.2, 0) is 16.6 Å². The molecule has 0 saturated heterocycles. The molecule has 2 N–H and O–H groups in total. The summed E-state index contributed by atoms with van der Waals surface area (Å²) >= 11 is 1.16. The van der Waals surface area contributed by atoms with Gasteiger partial charge < -0.3 is 5.32 Å². The second-order valence-electron chi connectivity index (χ2n) is 5.15. The van der Waals surface area contributed by atoms with Crippen LogP contribution in [0.25, 0.3) is 0 Å². The van der Waals surface area contributed by atoms with E-state index in [1.807, 2.05) is 0 Å². The zero-order valence-electron chi connectivity index (χ0n) is 13.0. The molecule has 2 heterocycles. The van der Waals surface area contributed by atoms with Gasteiger partial charge in [0.2, 0.25) is 10.0 Å². The van der Waals surface area contributed by atoms with Gasteiger partial charge in [0.15, 0.2) is 0 Å². The second kappa shape index (κ2) is 7.56. The van der Waals surface area contributed by atoms with E-state index in [1.54, 1.807) is 66.3 Å². The molecule has 0 radical (unpaired) electrons. The molecule has 0 atom stereocenters. The van der Waals surface area contributed by atoms with Crippen LogP contribution in [0.3, 0.4) is 0 Å². The molecule has 25 heavy (non-hydrogen) atoms. The van der Waals surface area contributed by atoms with Crippen molar-refractivity contribution in [3.63, 3.8) is 0 Å². The highest BCUT2D eigenvalue weighted by Gasteiger charge is 2.14. The van der Waals surface area contributed by atoms with Gasteiger partial charge in [-0.2, -0.15) is 0 Å². The summed E-state index contributed by atoms with van der Waals surface area (Å²) < 4.78 is 27.0. The van der Waals surface area contributed by atoms with Gasteiger partial charge in [-0.1, -0.05) is 18.2 Å². The van der Waals surface area contributed by atoms with Gasteiger partial charge in [-0.3, -0.25) is 9.78 Å². The number of thiophene rings is 1. The number of carbonyl (C=O) groups excluding carboxylic acids is 1. The number of hydrogen-bond donors (Lipinski definition) is 2. The molecule has 128 valence electrons. The minimum absolute atomic E-state index is 0.157. The zero-order chi connectivity index (χ0) is 17.7. The molecule has 3 rings (SSSR count). The van der Waals surface area contributed by atoms with Crippen molar-refractivity contribution in [3.8, 4) is 0 Å². The van der Waals surface area contributed by atoms with Crippen LogP contribution in [0.1, 0.15) is 15.9 Å². The number of carbonyl (C=O) groups is 1. The molecule has 0 unspecified atom stereocenters. The van der Waals surface area contributed by atoms with Gasteiger partial charge in [0.1, 0.15) is 4.21 Å². The van der Waals surface area contributed by atoms with Crippen molar-refractivity contribution < 1.29 is 13.2 Å². The molecule has 6 nitrogen and oxygen atoms in total. The van der Waals surface area contributed by atoms with E-state index in [2.05, 4.69) is 15.0 Å². The molecule has 8 heteroatoms. The van der Waals surface area contributed by atoms with Crippen LogP contribution < -0.4 is 10.0 Å². The van der Waals surface area contributed by atoms with Crippen molar-refractivity contribution in [3.05, 3.63) is 77.4 Å². The Labute approximate surface area is 149 Å². The quantitative estimate of drug-likeness (QED) is 0.695. The van der Waals surface area contributed by atoms with Crippen molar-refractivity contribution in [2.45, 2.75) is 10.8 Å². The lowest BCUT2D eigenvalue weighted by Gasteiger charge is -2.07. The number of rotatable bonds is 6. The van der Waals surface area contributed by atoms with E-state index in [4.69, 9.17) is 0 Å². The molecule has 0 aliphatic rings. The molecule has 0 fully saturated rings. The molecule has 1 aromatic carbocycles. The minimum Gasteiger partial charge on any atom is -0.321 e. The summed E-state index contributed by atoms with van der Waals surface area (Å²) in [6, 6.07) is 13.5. The van der Waals surface area contributed by atoms with Gasteiger partial charge in [0.05, 0.1) is 11.9 Å². The predicted molar refractivity (Wildman–Crippen MR) is 97.0 cm³/mol. The highest BCUT2D eigenvalue weighted by molar-refractivity contribution is 7.91. The fourth-order valence-electron chi connectivity index (χ4n) is 2.08. The Morgan fingerprint density at radius 3 is 2.52 bits per heavy atom. The van der Waals surface area contributed by atoms with Crippen LogP contribution >= 0.6 is 11.3 Å². The van der Waals surface area contributed by atoms with Crippen LogP contribution in [0.15, 0.2) is 70.5 Å². The van der Waals surface area contributed by atoms with Gasteiger partial charge in [0, 0.05) is 18.3 Å². The lowest BCUT2D eigenvalue weighted by atomic mass is 10.1. The SMILES string of the molecule is O=C(Nc1cccnc1)c1ccc(CNS(=O)(=O)c2cccs2)cc1. The number of aromatic nitrogens is 1. The molecule has 0 saturated carbocycles. The highest BCUT2D eigenvalue weighted by Crippen LogP contribution is 2.16. The number of nitrogens with zero attached hydrogens (tertiary/aromatic N) is 1. The number of anilines is 1. The van der Waals surface area contributed by atoms with Crippen LogP contribution in [0, 0.1) is 0 Å². The lowest BCUT2D eigenvalue weighted by Crippen LogP contribution is -2.22. The standard InChI is InChI=1S/C17H15N3O3S2/c21-17(20-15-3-1-9-18-12-15)14-7-5-13(6-8-14)11-19-25(22,23)16-4-2-10-24-16/h1-10,12,19H,11H2,(H,20,21). The summed E-state index contributed by atoms with van der Waals surface area (Å²) in [7, 11) is -3.50. The van der Waals surface area contributed by atoms with Crippen LogP contribution in [0.5, 0.6) is 0 Å². The fraction of sp³-hybridized carbons (Fsp3) is 0.0588. The van der Waals surface area contributed by atoms with Crippen molar-refractivity contribution in [2.75, 3.05) is 5.32 Å². The summed E-state index contributed by atoms with van der Waals surface area (Å²) in [5.74, 6) is -0.251. The van der Waals surface area contributed by atoms with E-state index >= 15 is 0 Å². The molecule has 1 amide bonds. The predicted octanol–water partition coefficient (Wildman–Crippen LogP) is 2.87. The molecular weight excluding hydrogens is 358 g/mol. The molecule has 2 aromatic heterocycles. The molecule has 0 aliphatic heterocycles. The Kier molecular flexibility index (Phi) is 5.22. The molecule has 0 bridgehead atoms. The lowest BCUT2D eigenvalue weighted by molar-refractivity contribution is 0.102. The first-order valence-corrected chi connectivity index (χ1v) is 9.74. The first-order chi connectivity index (χ1) is 12.0. The van der Waals surface area contributed by atoms with E-state index in [1.165, 1.54) is 0 Å². The minimum atomic E-state index is -3.50. The summed E-state index contributed by atoms with van der Waals surface area (Å²) in [4.78, 5) is 16.1. The zero-order valence-corrected chi connectivity index (χ0v) is 14.7. The number of sulfonamides is 1. The Morgan fingerprint density at radius 2 is 1.88 bits per heavy atom. The Hall–Kier alpha value is -2.55. The van der Waals surface area contributed by atoms with E-state index < -0.39 is 10.0 Å². The summed E-state index contributed by atoms with van der Waals surface area (Å²) in [6.07, 6.45) is 3.19. The van der Waals surface area contributed by atoms with E-state index in [9.17, 15) is 13.2 Å². The average Bonchev–Trinajstić information content (AvgIpc) is 3.17. The second-order valence-corrected chi connectivity index (χ2v) is 8.09. The smallest absolute Gasteiger partial charge is 0.255 e. The third kappa shape index (κ3) is 4.50. The maximum Gasteiger partial charge on any atom is 0.255 e. The normalized spacial score (nSPS) is 11.2. The van der Waals surface area contributed by atoms with Crippen molar-refractivity contribution in [1.82, 2.24) is 9.71 Å². The highest BCUT2D eigenvalue weighted by atomic mass is 32.2. The van der Waals surface area contributed by atoms with Gasteiger partial charge >= 0.3 is 0 Å². The van der Waals surface area contributed by atoms with Gasteiger partial charge in [-0.05, 0) is 41.3 Å². The first kappa shape index (κ1) is 17.3. The van der Waals surface area contributed by atoms with Crippen molar-refractivity contribution in [1.29, 1.82) is 0 Å². The third-order valence-corrected chi connectivity index (χ3v) is 6.16. The Balaban J connectivity index is 1.61. The maximum atomic E-state index is 12.1. The topological polar surface area (TPSA) is 88.2 Å². The Morgan fingerprint density at radius 1 is 1.08 bits per heavy atom. The third-order valence-electron chi connectivity index (χ3n) is 3.36.